The Hall–Kier alpha value is -1.98. The normalized spacial score (nSPS) is 12.2. The Labute approximate surface area is 112 Å². The summed E-state index contributed by atoms with van der Waals surface area (Å²) in [7, 11) is 1.61. The number of nitrogens with two attached hydrogens (primary N) is 1. The summed E-state index contributed by atoms with van der Waals surface area (Å²) in [4.78, 5) is 8.62. The molecular formula is C14H18N4O. The Bertz CT molecular complexity index is 571. The molecule has 5 heteroatoms. The van der Waals surface area contributed by atoms with Crippen LogP contribution in [-0.4, -0.2) is 17.1 Å². The van der Waals surface area contributed by atoms with Crippen molar-refractivity contribution in [3.8, 4) is 5.75 Å². The molecule has 2 aromatic heterocycles. The second-order valence-corrected chi connectivity index (χ2v) is 4.47. The Kier molecular flexibility index (Phi) is 4.09. The molecule has 100 valence electrons. The van der Waals surface area contributed by atoms with E-state index < -0.39 is 0 Å². The number of hydrogen-bond acceptors (Lipinski definition) is 5. The second kappa shape index (κ2) is 5.77. The van der Waals surface area contributed by atoms with Crippen molar-refractivity contribution >= 4 is 0 Å². The average molecular weight is 258 g/mol. The topological polar surface area (TPSA) is 73.1 Å². The van der Waals surface area contributed by atoms with Crippen molar-refractivity contribution in [2.75, 3.05) is 7.11 Å². The van der Waals surface area contributed by atoms with Gasteiger partial charge in [-0.25, -0.2) is 5.43 Å². The fraction of sp³-hybridized carbons (Fsp3) is 0.286. The van der Waals surface area contributed by atoms with Gasteiger partial charge in [0.2, 0.25) is 0 Å². The Balaban J connectivity index is 2.43. The number of methoxy groups -OCH3 is 1. The summed E-state index contributed by atoms with van der Waals surface area (Å²) in [6.07, 6.45) is 5.25. The van der Waals surface area contributed by atoms with Crippen molar-refractivity contribution in [2.24, 2.45) is 5.84 Å². The van der Waals surface area contributed by atoms with Gasteiger partial charge in [0.1, 0.15) is 5.75 Å². The Morgan fingerprint density at radius 3 is 2.63 bits per heavy atom. The lowest BCUT2D eigenvalue weighted by atomic mass is 10.0. The number of nitrogens with zero attached hydrogens (tertiary/aromatic N) is 2. The van der Waals surface area contributed by atoms with Gasteiger partial charge in [-0.2, -0.15) is 0 Å². The predicted molar refractivity (Wildman–Crippen MR) is 73.7 cm³/mol. The summed E-state index contributed by atoms with van der Waals surface area (Å²) in [5.74, 6) is 6.37. The minimum absolute atomic E-state index is 0.205. The fourth-order valence-corrected chi connectivity index (χ4v) is 2.07. The first-order valence-electron chi connectivity index (χ1n) is 6.04. The van der Waals surface area contributed by atoms with Crippen LogP contribution >= 0.6 is 0 Å². The van der Waals surface area contributed by atoms with Crippen LogP contribution in [-0.2, 0) is 0 Å². The molecule has 0 radical (unpaired) electrons. The molecule has 0 saturated carbocycles. The van der Waals surface area contributed by atoms with Crippen LogP contribution in [0.4, 0.5) is 0 Å². The molecule has 0 aliphatic carbocycles. The van der Waals surface area contributed by atoms with Gasteiger partial charge in [0.25, 0.3) is 0 Å². The first-order chi connectivity index (χ1) is 9.15. The zero-order chi connectivity index (χ0) is 13.8. The van der Waals surface area contributed by atoms with Crippen molar-refractivity contribution in [1.82, 2.24) is 15.4 Å². The lowest BCUT2D eigenvalue weighted by Gasteiger charge is -2.18. The van der Waals surface area contributed by atoms with E-state index in [1.165, 1.54) is 0 Å². The number of hydrazine groups is 1. The maximum atomic E-state index is 5.68. The predicted octanol–water partition coefficient (Wildman–Crippen LogP) is 1.65. The van der Waals surface area contributed by atoms with Crippen molar-refractivity contribution < 1.29 is 4.74 Å². The summed E-state index contributed by atoms with van der Waals surface area (Å²) in [5.41, 5.74) is 6.81. The second-order valence-electron chi connectivity index (χ2n) is 4.47. The number of hydrogen-bond donors (Lipinski definition) is 2. The van der Waals surface area contributed by atoms with Gasteiger partial charge in [0.05, 0.1) is 25.0 Å². The number of nitrogens with one attached hydrogen (secondary N) is 1. The maximum Gasteiger partial charge on any atom is 0.137 e. The molecule has 1 unspecified atom stereocenters. The Morgan fingerprint density at radius 1 is 1.21 bits per heavy atom. The quantitative estimate of drug-likeness (QED) is 0.644. The van der Waals surface area contributed by atoms with Crippen molar-refractivity contribution in [3.05, 3.63) is 53.1 Å². The molecular weight excluding hydrogens is 240 g/mol. The first-order valence-corrected chi connectivity index (χ1v) is 6.04. The molecule has 0 amide bonds. The molecule has 2 aromatic rings. The summed E-state index contributed by atoms with van der Waals surface area (Å²) in [6, 6.07) is 3.78. The van der Waals surface area contributed by atoms with Gasteiger partial charge >= 0.3 is 0 Å². The maximum absolute atomic E-state index is 5.68. The van der Waals surface area contributed by atoms with Crippen LogP contribution in [0.1, 0.15) is 28.4 Å². The average Bonchev–Trinajstić information content (AvgIpc) is 2.42. The third kappa shape index (κ3) is 2.89. The van der Waals surface area contributed by atoms with E-state index in [9.17, 15) is 0 Å². The zero-order valence-electron chi connectivity index (χ0n) is 11.3. The molecule has 1 atom stereocenters. The molecule has 2 heterocycles. The molecule has 5 nitrogen and oxygen atoms in total. The molecule has 0 aromatic carbocycles. The summed E-state index contributed by atoms with van der Waals surface area (Å²) < 4.78 is 5.18. The van der Waals surface area contributed by atoms with Crippen LogP contribution in [0.3, 0.4) is 0 Å². The van der Waals surface area contributed by atoms with Gasteiger partial charge in [-0.3, -0.25) is 15.8 Å². The van der Waals surface area contributed by atoms with Gasteiger partial charge < -0.3 is 4.74 Å². The van der Waals surface area contributed by atoms with Crippen LogP contribution in [0.15, 0.2) is 30.7 Å². The van der Waals surface area contributed by atoms with E-state index in [0.29, 0.717) is 5.75 Å². The zero-order valence-corrected chi connectivity index (χ0v) is 11.3. The van der Waals surface area contributed by atoms with E-state index in [1.54, 1.807) is 19.5 Å². The number of aromatic nitrogens is 2. The summed E-state index contributed by atoms with van der Waals surface area (Å²) in [6.45, 7) is 4.04. The summed E-state index contributed by atoms with van der Waals surface area (Å²) in [5, 5.41) is 0. The number of aryl methyl sites for hydroxylation is 2. The van der Waals surface area contributed by atoms with E-state index in [-0.39, 0.29) is 6.04 Å². The van der Waals surface area contributed by atoms with Crippen LogP contribution < -0.4 is 16.0 Å². The minimum atomic E-state index is -0.205. The number of rotatable bonds is 4. The third-order valence-corrected chi connectivity index (χ3v) is 3.00. The Morgan fingerprint density at radius 2 is 2.00 bits per heavy atom. The van der Waals surface area contributed by atoms with Crippen molar-refractivity contribution in [2.45, 2.75) is 19.9 Å². The van der Waals surface area contributed by atoms with Gasteiger partial charge in [-0.15, -0.1) is 0 Å². The fourth-order valence-electron chi connectivity index (χ4n) is 2.07. The van der Waals surface area contributed by atoms with Crippen LogP contribution in [0.2, 0.25) is 0 Å². The van der Waals surface area contributed by atoms with E-state index in [0.717, 1.165) is 22.4 Å². The molecule has 0 spiro atoms. The smallest absolute Gasteiger partial charge is 0.137 e. The highest BCUT2D eigenvalue weighted by atomic mass is 16.5. The van der Waals surface area contributed by atoms with Crippen molar-refractivity contribution in [3.63, 3.8) is 0 Å². The number of ether oxygens (including phenoxy) is 1. The van der Waals surface area contributed by atoms with Gasteiger partial charge in [0.15, 0.2) is 0 Å². The van der Waals surface area contributed by atoms with Crippen LogP contribution in [0.25, 0.3) is 0 Å². The highest BCUT2D eigenvalue weighted by molar-refractivity contribution is 5.35. The molecule has 0 aliphatic rings. The third-order valence-electron chi connectivity index (χ3n) is 3.00. The largest absolute Gasteiger partial charge is 0.495 e. The lowest BCUT2D eigenvalue weighted by molar-refractivity contribution is 0.411. The van der Waals surface area contributed by atoms with Crippen molar-refractivity contribution in [1.29, 1.82) is 0 Å². The van der Waals surface area contributed by atoms with Gasteiger partial charge in [0, 0.05) is 12.4 Å². The van der Waals surface area contributed by atoms with E-state index in [2.05, 4.69) is 21.5 Å². The molecule has 0 fully saturated rings. The van der Waals surface area contributed by atoms with E-state index in [1.807, 2.05) is 26.1 Å². The van der Waals surface area contributed by atoms with E-state index >= 15 is 0 Å². The van der Waals surface area contributed by atoms with E-state index in [4.69, 9.17) is 10.6 Å². The molecule has 0 saturated heterocycles. The minimum Gasteiger partial charge on any atom is -0.495 e. The first kappa shape index (κ1) is 13.5. The lowest BCUT2D eigenvalue weighted by Crippen LogP contribution is -2.30. The molecule has 3 N–H and O–H groups in total. The van der Waals surface area contributed by atoms with Gasteiger partial charge in [-0.05, 0) is 36.6 Å². The van der Waals surface area contributed by atoms with Crippen LogP contribution in [0.5, 0.6) is 5.75 Å². The highest BCUT2D eigenvalue weighted by Gasteiger charge is 2.17. The van der Waals surface area contributed by atoms with Gasteiger partial charge in [-0.1, -0.05) is 6.07 Å². The monoisotopic (exact) mass is 258 g/mol. The molecule has 0 aliphatic heterocycles. The SMILES string of the molecule is COc1cncc(C(NN)c2ncc(C)cc2C)c1. The summed E-state index contributed by atoms with van der Waals surface area (Å²) >= 11 is 0. The molecule has 2 rings (SSSR count). The number of pyridine rings is 2. The standard InChI is InChI=1S/C14H18N4O/c1-9-4-10(2)13(17-6-9)14(18-15)11-5-12(19-3)8-16-7-11/h4-8,14,18H,15H2,1-3H3. The highest BCUT2D eigenvalue weighted by Crippen LogP contribution is 2.24. The molecule has 19 heavy (non-hydrogen) atoms. The molecule has 0 bridgehead atoms. The van der Waals surface area contributed by atoms with Crippen LogP contribution in [0, 0.1) is 13.8 Å².